The fraction of sp³-hybridized carbons (Fsp3) is 0.455. The number of carbonyl (C=O) groups excluding carboxylic acids is 1. The number of esters is 1. The zero-order chi connectivity index (χ0) is 15.5. The Bertz CT molecular complexity index is 502. The largest absolute Gasteiger partial charge is 0.466 e. The molecule has 1 heterocycles. The highest BCUT2D eigenvalue weighted by molar-refractivity contribution is 5.74. The van der Waals surface area contributed by atoms with Gasteiger partial charge in [-0.1, -0.05) is 0 Å². The predicted molar refractivity (Wildman–Crippen MR) is 58.9 cm³/mol. The molecule has 0 aliphatic carbocycles. The average Bonchev–Trinajstić information content (AvgIpc) is 2.29. The molecule has 1 rings (SSSR count). The maximum atomic E-state index is 12.7. The Kier molecular flexibility index (Phi) is 4.85. The molecule has 0 aliphatic heterocycles. The molecule has 0 atom stereocenters. The summed E-state index contributed by atoms with van der Waals surface area (Å²) in [4.78, 5) is 14.3. The van der Waals surface area contributed by atoms with E-state index in [2.05, 4.69) is 9.72 Å². The van der Waals surface area contributed by atoms with Crippen molar-refractivity contribution < 1.29 is 31.5 Å². The van der Waals surface area contributed by atoms with Gasteiger partial charge in [-0.2, -0.15) is 13.2 Å². The van der Waals surface area contributed by atoms with E-state index in [0.29, 0.717) is 6.07 Å². The van der Waals surface area contributed by atoms with E-state index in [-0.39, 0.29) is 6.61 Å². The molecule has 4 nitrogen and oxygen atoms in total. The third-order valence-electron chi connectivity index (χ3n) is 2.29. The second kappa shape index (κ2) is 6.02. The molecule has 1 aromatic heterocycles. The molecule has 0 unspecified atom stereocenters. The van der Waals surface area contributed by atoms with Crippen LogP contribution in [0.25, 0.3) is 0 Å². The van der Waals surface area contributed by atoms with Crippen LogP contribution in [0.3, 0.4) is 0 Å². The van der Waals surface area contributed by atoms with Crippen molar-refractivity contribution in [3.05, 3.63) is 23.0 Å². The van der Waals surface area contributed by atoms with Gasteiger partial charge in [0.15, 0.2) is 5.69 Å². The molecule has 0 radical (unpaired) electrons. The molecule has 9 heteroatoms. The lowest BCUT2D eigenvalue weighted by Gasteiger charge is -2.14. The van der Waals surface area contributed by atoms with Gasteiger partial charge in [0.2, 0.25) is 0 Å². The summed E-state index contributed by atoms with van der Waals surface area (Å²) in [7, 11) is 0. The molecule has 0 amide bonds. The highest BCUT2D eigenvalue weighted by Gasteiger charge is 2.38. The standard InChI is InChI=1S/C11H11F5N2O2/c1-2-20-8(19)4-7-6(17)3-5(10(12)13)9(18-7)11(14,15)16/h3,10H,2,4,17H2,1H3. The summed E-state index contributed by atoms with van der Waals surface area (Å²) in [5.41, 5.74) is 1.42. The van der Waals surface area contributed by atoms with Crippen molar-refractivity contribution >= 4 is 11.7 Å². The first-order valence-corrected chi connectivity index (χ1v) is 5.47. The summed E-state index contributed by atoms with van der Waals surface area (Å²) in [6, 6.07) is 0.481. The molecular formula is C11H11F5N2O2. The van der Waals surface area contributed by atoms with Gasteiger partial charge in [-0.05, 0) is 13.0 Å². The van der Waals surface area contributed by atoms with E-state index in [9.17, 15) is 26.7 Å². The first kappa shape index (κ1) is 16.1. The number of carbonyl (C=O) groups is 1. The maximum absolute atomic E-state index is 12.7. The minimum absolute atomic E-state index is 0.0278. The fourth-order valence-electron chi connectivity index (χ4n) is 1.47. The Hall–Kier alpha value is -1.93. The van der Waals surface area contributed by atoms with Crippen LogP contribution in [0.2, 0.25) is 0 Å². The molecule has 0 saturated carbocycles. The molecular weight excluding hydrogens is 287 g/mol. The second-order valence-corrected chi connectivity index (χ2v) is 3.74. The van der Waals surface area contributed by atoms with E-state index in [1.807, 2.05) is 0 Å². The molecule has 0 spiro atoms. The molecule has 20 heavy (non-hydrogen) atoms. The number of rotatable bonds is 4. The third-order valence-corrected chi connectivity index (χ3v) is 2.29. The first-order chi connectivity index (χ1) is 9.16. The Morgan fingerprint density at radius 3 is 2.50 bits per heavy atom. The summed E-state index contributed by atoms with van der Waals surface area (Å²) in [6.07, 6.45) is -9.06. The molecule has 0 aromatic carbocycles. The number of hydrogen-bond donors (Lipinski definition) is 1. The lowest BCUT2D eigenvalue weighted by Crippen LogP contribution is -2.18. The van der Waals surface area contributed by atoms with Crippen LogP contribution in [0.15, 0.2) is 6.07 Å². The Morgan fingerprint density at radius 2 is 2.05 bits per heavy atom. The van der Waals surface area contributed by atoms with Gasteiger partial charge in [0.05, 0.1) is 30.0 Å². The summed E-state index contributed by atoms with van der Waals surface area (Å²) < 4.78 is 67.6. The lowest BCUT2D eigenvalue weighted by atomic mass is 10.1. The van der Waals surface area contributed by atoms with Gasteiger partial charge in [-0.3, -0.25) is 4.79 Å². The first-order valence-electron chi connectivity index (χ1n) is 5.47. The third kappa shape index (κ3) is 3.78. The van der Waals surface area contributed by atoms with Crippen LogP contribution in [-0.4, -0.2) is 17.6 Å². The van der Waals surface area contributed by atoms with Crippen LogP contribution in [-0.2, 0) is 22.1 Å². The highest BCUT2D eigenvalue weighted by atomic mass is 19.4. The van der Waals surface area contributed by atoms with Crippen molar-refractivity contribution in [3.8, 4) is 0 Å². The van der Waals surface area contributed by atoms with Gasteiger partial charge in [-0.15, -0.1) is 0 Å². The van der Waals surface area contributed by atoms with Gasteiger partial charge in [0.25, 0.3) is 6.43 Å². The Morgan fingerprint density at radius 1 is 1.45 bits per heavy atom. The SMILES string of the molecule is CCOC(=O)Cc1nc(C(F)(F)F)c(C(F)F)cc1N. The zero-order valence-corrected chi connectivity index (χ0v) is 10.3. The molecule has 1 aromatic rings. The number of anilines is 1. The summed E-state index contributed by atoms with van der Waals surface area (Å²) in [5.74, 6) is -0.843. The van der Waals surface area contributed by atoms with Gasteiger partial charge in [0, 0.05) is 0 Å². The fourth-order valence-corrected chi connectivity index (χ4v) is 1.47. The van der Waals surface area contributed by atoms with Crippen LogP contribution < -0.4 is 5.73 Å². The van der Waals surface area contributed by atoms with Crippen molar-refractivity contribution in [2.75, 3.05) is 12.3 Å². The van der Waals surface area contributed by atoms with Gasteiger partial charge in [-0.25, -0.2) is 13.8 Å². The molecule has 0 saturated heterocycles. The van der Waals surface area contributed by atoms with Crippen LogP contribution in [0.5, 0.6) is 0 Å². The monoisotopic (exact) mass is 298 g/mol. The van der Waals surface area contributed by atoms with E-state index in [1.165, 1.54) is 6.92 Å². The Labute approximate surface area is 110 Å². The van der Waals surface area contributed by atoms with Crippen LogP contribution in [0, 0.1) is 0 Å². The van der Waals surface area contributed by atoms with E-state index in [0.717, 1.165) is 0 Å². The van der Waals surface area contributed by atoms with Crippen molar-refractivity contribution in [3.63, 3.8) is 0 Å². The lowest BCUT2D eigenvalue weighted by molar-refractivity contribution is -0.145. The van der Waals surface area contributed by atoms with Crippen molar-refractivity contribution in [2.45, 2.75) is 25.9 Å². The number of aromatic nitrogens is 1. The number of nitrogen functional groups attached to an aromatic ring is 1. The quantitative estimate of drug-likeness (QED) is 0.685. The van der Waals surface area contributed by atoms with Crippen LogP contribution >= 0.6 is 0 Å². The minimum atomic E-state index is -5.07. The smallest absolute Gasteiger partial charge is 0.433 e. The highest BCUT2D eigenvalue weighted by Crippen LogP contribution is 2.36. The predicted octanol–water partition coefficient (Wildman–Crippen LogP) is 2.73. The van der Waals surface area contributed by atoms with Gasteiger partial charge in [0.1, 0.15) is 0 Å². The van der Waals surface area contributed by atoms with Crippen LogP contribution in [0.4, 0.5) is 27.6 Å². The summed E-state index contributed by atoms with van der Waals surface area (Å²) in [5, 5.41) is 0. The van der Waals surface area contributed by atoms with Gasteiger partial charge < -0.3 is 10.5 Å². The van der Waals surface area contributed by atoms with Crippen LogP contribution in [0.1, 0.15) is 30.3 Å². The number of hydrogen-bond acceptors (Lipinski definition) is 4. The summed E-state index contributed by atoms with van der Waals surface area (Å²) in [6.45, 7) is 1.54. The zero-order valence-electron chi connectivity index (χ0n) is 10.3. The molecule has 112 valence electrons. The molecule has 0 aliphatic rings. The minimum Gasteiger partial charge on any atom is -0.466 e. The number of nitrogens with zero attached hydrogens (tertiary/aromatic N) is 1. The van der Waals surface area contributed by atoms with E-state index in [4.69, 9.17) is 5.73 Å². The summed E-state index contributed by atoms with van der Waals surface area (Å²) >= 11 is 0. The van der Waals surface area contributed by atoms with E-state index >= 15 is 0 Å². The average molecular weight is 298 g/mol. The number of alkyl halides is 5. The van der Waals surface area contributed by atoms with E-state index < -0.39 is 47.6 Å². The van der Waals surface area contributed by atoms with Crippen molar-refractivity contribution in [2.24, 2.45) is 0 Å². The van der Waals surface area contributed by atoms with Crippen molar-refractivity contribution in [1.29, 1.82) is 0 Å². The number of ether oxygens (including phenoxy) is 1. The molecule has 2 N–H and O–H groups in total. The second-order valence-electron chi connectivity index (χ2n) is 3.74. The maximum Gasteiger partial charge on any atom is 0.433 e. The van der Waals surface area contributed by atoms with Gasteiger partial charge >= 0.3 is 12.1 Å². The number of pyridine rings is 1. The number of halogens is 5. The number of nitrogens with two attached hydrogens (primary N) is 1. The van der Waals surface area contributed by atoms with Crippen molar-refractivity contribution in [1.82, 2.24) is 4.98 Å². The molecule has 0 fully saturated rings. The topological polar surface area (TPSA) is 65.2 Å². The normalized spacial score (nSPS) is 11.8. The Balaban J connectivity index is 3.25. The molecule has 0 bridgehead atoms. The van der Waals surface area contributed by atoms with E-state index in [1.54, 1.807) is 0 Å².